The van der Waals surface area contributed by atoms with Gasteiger partial charge in [-0.25, -0.2) is 8.42 Å². The molecule has 0 spiro atoms. The number of nitrogens with one attached hydrogen (secondary N) is 1. The lowest BCUT2D eigenvalue weighted by atomic mass is 10.1. The van der Waals surface area contributed by atoms with Crippen LogP contribution in [0.4, 0.5) is 0 Å². The fourth-order valence-corrected chi connectivity index (χ4v) is 6.61. The van der Waals surface area contributed by atoms with E-state index in [1.54, 1.807) is 6.08 Å². The molecule has 0 radical (unpaired) electrons. The minimum absolute atomic E-state index is 0.00250. The number of amides is 1. The molecule has 3 atom stereocenters. The van der Waals surface area contributed by atoms with Gasteiger partial charge in [0.25, 0.3) is 0 Å². The van der Waals surface area contributed by atoms with Crippen molar-refractivity contribution in [1.82, 2.24) is 10.2 Å². The van der Waals surface area contributed by atoms with Gasteiger partial charge in [0.05, 0.1) is 24.2 Å². The average molecular weight is 435 g/mol. The van der Waals surface area contributed by atoms with Crippen LogP contribution in [0.3, 0.4) is 0 Å². The molecule has 2 saturated heterocycles. The first-order chi connectivity index (χ1) is 14.3. The highest BCUT2D eigenvalue weighted by Gasteiger charge is 2.42. The standard InChI is InChI=1S/C22H30N2O5S/c1-3-28-20-12-17-10-15(2)29-21(17)11-16(20)6-7-22(25)23-18-13-30(26,27)14-19(18)24-8-4-5-9-24/h6-7,11-12,15,18-19H,3-5,8-10,13-14H2,1-2H3,(H,23,25)/b7-6+. The van der Waals surface area contributed by atoms with Gasteiger partial charge in [-0.15, -0.1) is 0 Å². The Hall–Kier alpha value is -2.06. The normalized spacial score (nSPS) is 27.9. The van der Waals surface area contributed by atoms with Gasteiger partial charge in [0, 0.05) is 29.7 Å². The molecule has 1 aromatic carbocycles. The zero-order chi connectivity index (χ0) is 21.3. The molecule has 0 aromatic heterocycles. The van der Waals surface area contributed by atoms with Crippen molar-refractivity contribution in [1.29, 1.82) is 0 Å². The van der Waals surface area contributed by atoms with Crippen LogP contribution in [-0.2, 0) is 21.1 Å². The summed E-state index contributed by atoms with van der Waals surface area (Å²) in [6.45, 7) is 6.27. The summed E-state index contributed by atoms with van der Waals surface area (Å²) in [5, 5.41) is 2.92. The molecule has 3 unspecified atom stereocenters. The summed E-state index contributed by atoms with van der Waals surface area (Å²) in [5.41, 5.74) is 1.88. The van der Waals surface area contributed by atoms with Crippen molar-refractivity contribution in [3.8, 4) is 11.5 Å². The van der Waals surface area contributed by atoms with E-state index in [9.17, 15) is 13.2 Å². The van der Waals surface area contributed by atoms with Crippen molar-refractivity contribution < 1.29 is 22.7 Å². The van der Waals surface area contributed by atoms with E-state index in [0.717, 1.165) is 55.0 Å². The second-order valence-corrected chi connectivity index (χ2v) is 10.6. The number of hydrogen-bond acceptors (Lipinski definition) is 6. The summed E-state index contributed by atoms with van der Waals surface area (Å²) in [6, 6.07) is 3.37. The molecule has 8 heteroatoms. The van der Waals surface area contributed by atoms with Gasteiger partial charge in [-0.1, -0.05) is 0 Å². The van der Waals surface area contributed by atoms with E-state index in [4.69, 9.17) is 9.47 Å². The molecule has 0 bridgehead atoms. The maximum atomic E-state index is 12.6. The number of hydrogen-bond donors (Lipinski definition) is 1. The first-order valence-corrected chi connectivity index (χ1v) is 12.6. The third-order valence-electron chi connectivity index (χ3n) is 6.00. The number of sulfone groups is 1. The lowest BCUT2D eigenvalue weighted by Gasteiger charge is -2.28. The van der Waals surface area contributed by atoms with Crippen LogP contribution in [0.1, 0.15) is 37.8 Å². The molecule has 3 heterocycles. The number of nitrogens with zero attached hydrogens (tertiary/aromatic N) is 1. The number of likely N-dealkylation sites (tertiary alicyclic amines) is 1. The Balaban J connectivity index is 1.47. The van der Waals surface area contributed by atoms with E-state index in [1.807, 2.05) is 26.0 Å². The summed E-state index contributed by atoms with van der Waals surface area (Å²) in [4.78, 5) is 14.8. The molecular formula is C22H30N2O5S. The quantitative estimate of drug-likeness (QED) is 0.688. The topological polar surface area (TPSA) is 84.9 Å². The predicted molar refractivity (Wildman–Crippen MR) is 116 cm³/mol. The van der Waals surface area contributed by atoms with Crippen molar-refractivity contribution >= 4 is 21.8 Å². The van der Waals surface area contributed by atoms with Crippen LogP contribution >= 0.6 is 0 Å². The van der Waals surface area contributed by atoms with Crippen LogP contribution in [-0.4, -0.2) is 68.6 Å². The predicted octanol–water partition coefficient (Wildman–Crippen LogP) is 1.80. The lowest BCUT2D eigenvalue weighted by molar-refractivity contribution is -0.117. The van der Waals surface area contributed by atoms with Crippen LogP contribution in [0.5, 0.6) is 11.5 Å². The minimum Gasteiger partial charge on any atom is -0.493 e. The number of benzene rings is 1. The van der Waals surface area contributed by atoms with E-state index in [0.29, 0.717) is 6.61 Å². The van der Waals surface area contributed by atoms with Crippen LogP contribution < -0.4 is 14.8 Å². The largest absolute Gasteiger partial charge is 0.493 e. The summed E-state index contributed by atoms with van der Waals surface area (Å²) in [6.07, 6.45) is 6.29. The molecule has 0 aliphatic carbocycles. The summed E-state index contributed by atoms with van der Waals surface area (Å²) in [7, 11) is -3.14. The first-order valence-electron chi connectivity index (χ1n) is 10.7. The van der Waals surface area contributed by atoms with E-state index >= 15 is 0 Å². The molecule has 1 aromatic rings. The van der Waals surface area contributed by atoms with Gasteiger partial charge in [0.1, 0.15) is 17.6 Å². The van der Waals surface area contributed by atoms with E-state index in [1.165, 1.54) is 6.08 Å². The van der Waals surface area contributed by atoms with Gasteiger partial charge < -0.3 is 14.8 Å². The van der Waals surface area contributed by atoms with Crippen LogP contribution in [0.2, 0.25) is 0 Å². The third-order valence-corrected chi connectivity index (χ3v) is 7.72. The highest BCUT2D eigenvalue weighted by molar-refractivity contribution is 7.91. The van der Waals surface area contributed by atoms with E-state index in [-0.39, 0.29) is 35.6 Å². The van der Waals surface area contributed by atoms with Crippen LogP contribution in [0.25, 0.3) is 6.08 Å². The van der Waals surface area contributed by atoms with Gasteiger partial charge in [0.15, 0.2) is 9.84 Å². The van der Waals surface area contributed by atoms with Crippen LogP contribution in [0.15, 0.2) is 18.2 Å². The average Bonchev–Trinajstić information content (AvgIpc) is 3.38. The monoisotopic (exact) mass is 434 g/mol. The Morgan fingerprint density at radius 1 is 1.30 bits per heavy atom. The van der Waals surface area contributed by atoms with Crippen molar-refractivity contribution in [3.05, 3.63) is 29.3 Å². The number of carbonyl (C=O) groups is 1. The molecule has 2 fully saturated rings. The SMILES string of the molecule is CCOc1cc2c(cc1/C=C/C(=O)NC1CS(=O)(=O)CC1N1CCCC1)OC(C)C2. The van der Waals surface area contributed by atoms with Gasteiger partial charge in [-0.2, -0.15) is 0 Å². The second-order valence-electron chi connectivity index (χ2n) is 8.40. The molecule has 1 amide bonds. The van der Waals surface area contributed by atoms with E-state index < -0.39 is 9.84 Å². The Bertz CT molecular complexity index is 937. The Morgan fingerprint density at radius 2 is 2.07 bits per heavy atom. The summed E-state index contributed by atoms with van der Waals surface area (Å²) >= 11 is 0. The first kappa shape index (κ1) is 21.2. The Morgan fingerprint density at radius 3 is 2.80 bits per heavy atom. The Labute approximate surface area is 178 Å². The van der Waals surface area contributed by atoms with E-state index in [2.05, 4.69) is 10.2 Å². The molecular weight excluding hydrogens is 404 g/mol. The molecule has 4 rings (SSSR count). The minimum atomic E-state index is -3.14. The van der Waals surface area contributed by atoms with Crippen molar-refractivity contribution in [2.75, 3.05) is 31.2 Å². The number of carbonyl (C=O) groups excluding carboxylic acids is 1. The fraction of sp³-hybridized carbons (Fsp3) is 0.591. The fourth-order valence-electron chi connectivity index (χ4n) is 4.66. The molecule has 7 nitrogen and oxygen atoms in total. The maximum Gasteiger partial charge on any atom is 0.244 e. The lowest BCUT2D eigenvalue weighted by Crippen LogP contribution is -2.49. The molecule has 1 N–H and O–H groups in total. The zero-order valence-electron chi connectivity index (χ0n) is 17.6. The van der Waals surface area contributed by atoms with Gasteiger partial charge in [-0.05, 0) is 58.0 Å². The van der Waals surface area contributed by atoms with Crippen LogP contribution in [0, 0.1) is 0 Å². The van der Waals surface area contributed by atoms with Gasteiger partial charge >= 0.3 is 0 Å². The molecule has 3 aliphatic rings. The van der Waals surface area contributed by atoms with Crippen molar-refractivity contribution in [2.24, 2.45) is 0 Å². The summed E-state index contributed by atoms with van der Waals surface area (Å²) in [5.74, 6) is 1.37. The number of fused-ring (bicyclic) bond motifs is 1. The van der Waals surface area contributed by atoms with Gasteiger partial charge in [-0.3, -0.25) is 9.69 Å². The smallest absolute Gasteiger partial charge is 0.244 e. The molecule has 164 valence electrons. The van der Waals surface area contributed by atoms with Crippen molar-refractivity contribution in [3.63, 3.8) is 0 Å². The van der Waals surface area contributed by atoms with Crippen molar-refractivity contribution in [2.45, 2.75) is 51.3 Å². The molecule has 3 aliphatic heterocycles. The van der Waals surface area contributed by atoms with Gasteiger partial charge in [0.2, 0.25) is 5.91 Å². The third kappa shape index (κ3) is 4.64. The Kier molecular flexibility index (Phi) is 6.06. The molecule has 0 saturated carbocycles. The number of rotatable bonds is 6. The molecule has 30 heavy (non-hydrogen) atoms. The summed E-state index contributed by atoms with van der Waals surface area (Å²) < 4.78 is 36.0. The maximum absolute atomic E-state index is 12.6. The second kappa shape index (κ2) is 8.59. The highest BCUT2D eigenvalue weighted by atomic mass is 32.2. The zero-order valence-corrected chi connectivity index (χ0v) is 18.4. The number of ether oxygens (including phenoxy) is 2. The highest BCUT2D eigenvalue weighted by Crippen LogP contribution is 2.35.